The summed E-state index contributed by atoms with van der Waals surface area (Å²) in [7, 11) is 1.93. The van der Waals surface area contributed by atoms with Gasteiger partial charge in [0.15, 0.2) is 5.82 Å². The van der Waals surface area contributed by atoms with Crippen LogP contribution in [0.3, 0.4) is 0 Å². The molecule has 1 unspecified atom stereocenters. The van der Waals surface area contributed by atoms with Gasteiger partial charge in [-0.15, -0.1) is 10.2 Å². The molecule has 0 fully saturated rings. The van der Waals surface area contributed by atoms with Crippen molar-refractivity contribution >= 4 is 5.82 Å². The van der Waals surface area contributed by atoms with E-state index in [1.54, 1.807) is 12.7 Å². The average molecular weight is 246 g/mol. The van der Waals surface area contributed by atoms with Crippen LogP contribution in [-0.4, -0.2) is 24.7 Å². The molecule has 2 aromatic rings. The van der Waals surface area contributed by atoms with E-state index < -0.39 is 0 Å². The second kappa shape index (κ2) is 5.57. The highest BCUT2D eigenvalue weighted by molar-refractivity contribution is 5.36. The van der Waals surface area contributed by atoms with Gasteiger partial charge in [-0.25, -0.2) is 9.97 Å². The van der Waals surface area contributed by atoms with Crippen LogP contribution in [0.25, 0.3) is 0 Å². The molecule has 0 aliphatic heterocycles. The summed E-state index contributed by atoms with van der Waals surface area (Å²) in [5, 5.41) is 11.3. The van der Waals surface area contributed by atoms with Crippen molar-refractivity contribution in [3.63, 3.8) is 0 Å². The molecule has 0 radical (unpaired) electrons. The summed E-state index contributed by atoms with van der Waals surface area (Å²) in [6, 6.07) is 2.04. The molecule has 0 bridgehead atoms. The van der Waals surface area contributed by atoms with Gasteiger partial charge in [-0.3, -0.25) is 0 Å². The van der Waals surface area contributed by atoms with E-state index in [2.05, 4.69) is 32.4 Å². The highest BCUT2D eigenvalue weighted by atomic mass is 15.3. The van der Waals surface area contributed by atoms with E-state index >= 15 is 0 Å². The van der Waals surface area contributed by atoms with Crippen molar-refractivity contribution < 1.29 is 0 Å². The van der Waals surface area contributed by atoms with Crippen molar-refractivity contribution in [2.24, 2.45) is 7.05 Å². The zero-order valence-electron chi connectivity index (χ0n) is 11.0. The van der Waals surface area contributed by atoms with E-state index in [0.29, 0.717) is 0 Å². The summed E-state index contributed by atoms with van der Waals surface area (Å²) in [5.41, 5.74) is 1.06. The second-order valence-electron chi connectivity index (χ2n) is 4.31. The number of hydrogen-bond donors (Lipinski definition) is 1. The molecule has 6 heteroatoms. The van der Waals surface area contributed by atoms with Gasteiger partial charge in [0, 0.05) is 18.8 Å². The number of hydrogen-bond acceptors (Lipinski definition) is 5. The molecule has 18 heavy (non-hydrogen) atoms. The molecule has 1 atom stereocenters. The third-order valence-corrected chi connectivity index (χ3v) is 2.73. The molecule has 0 saturated heterocycles. The highest BCUT2D eigenvalue weighted by Gasteiger charge is 2.11. The Morgan fingerprint density at radius 1 is 1.39 bits per heavy atom. The zero-order chi connectivity index (χ0) is 13.0. The first-order valence-corrected chi connectivity index (χ1v) is 6.12. The lowest BCUT2D eigenvalue weighted by molar-refractivity contribution is 0.715. The first-order valence-electron chi connectivity index (χ1n) is 6.12. The normalized spacial score (nSPS) is 12.4. The van der Waals surface area contributed by atoms with Gasteiger partial charge in [0.05, 0.1) is 6.04 Å². The van der Waals surface area contributed by atoms with Gasteiger partial charge in [-0.2, -0.15) is 0 Å². The molecular formula is C12H18N6. The van der Waals surface area contributed by atoms with Gasteiger partial charge in [0.25, 0.3) is 0 Å². The zero-order valence-corrected chi connectivity index (χ0v) is 11.0. The Balaban J connectivity index is 2.09. The minimum Gasteiger partial charge on any atom is -0.360 e. The van der Waals surface area contributed by atoms with Crippen molar-refractivity contribution in [3.8, 4) is 0 Å². The molecule has 2 aromatic heterocycles. The van der Waals surface area contributed by atoms with Crippen LogP contribution in [0.2, 0.25) is 0 Å². The first-order chi connectivity index (χ1) is 8.70. The van der Waals surface area contributed by atoms with Gasteiger partial charge in [-0.1, -0.05) is 13.3 Å². The Kier molecular flexibility index (Phi) is 3.86. The molecule has 2 rings (SSSR count). The van der Waals surface area contributed by atoms with E-state index in [1.165, 1.54) is 0 Å². The van der Waals surface area contributed by atoms with Crippen LogP contribution in [0, 0.1) is 0 Å². The van der Waals surface area contributed by atoms with Crippen LogP contribution >= 0.6 is 0 Å². The predicted molar refractivity (Wildman–Crippen MR) is 69.1 cm³/mol. The fourth-order valence-corrected chi connectivity index (χ4v) is 1.84. The predicted octanol–water partition coefficient (Wildman–Crippen LogP) is 1.73. The number of nitrogens with zero attached hydrogens (tertiary/aromatic N) is 5. The average Bonchev–Trinajstić information content (AvgIpc) is 2.76. The van der Waals surface area contributed by atoms with Crippen LogP contribution in [-0.2, 0) is 13.5 Å². The maximum Gasteiger partial charge on any atom is 0.154 e. The van der Waals surface area contributed by atoms with Crippen molar-refractivity contribution in [2.75, 3.05) is 5.32 Å². The molecule has 0 aromatic carbocycles. The number of aromatic nitrogens is 5. The lowest BCUT2D eigenvalue weighted by Crippen LogP contribution is -2.13. The monoisotopic (exact) mass is 246 g/mol. The van der Waals surface area contributed by atoms with Crippen LogP contribution in [0.5, 0.6) is 0 Å². The summed E-state index contributed by atoms with van der Waals surface area (Å²) in [6.45, 7) is 4.17. The smallest absolute Gasteiger partial charge is 0.154 e. The van der Waals surface area contributed by atoms with Crippen molar-refractivity contribution in [2.45, 2.75) is 32.7 Å². The largest absolute Gasteiger partial charge is 0.360 e. The molecule has 6 nitrogen and oxygen atoms in total. The van der Waals surface area contributed by atoms with Crippen molar-refractivity contribution in [1.82, 2.24) is 24.7 Å². The first kappa shape index (κ1) is 12.5. The Hall–Kier alpha value is -1.98. The summed E-state index contributed by atoms with van der Waals surface area (Å²) < 4.78 is 1.89. The minimum atomic E-state index is 0.0573. The summed E-state index contributed by atoms with van der Waals surface area (Å²) in [4.78, 5) is 8.45. The number of nitrogens with one attached hydrogen (secondary N) is 1. The molecule has 0 aliphatic carbocycles. The van der Waals surface area contributed by atoms with Crippen molar-refractivity contribution in [3.05, 3.63) is 30.2 Å². The number of rotatable bonds is 5. The quantitative estimate of drug-likeness (QED) is 0.870. The van der Waals surface area contributed by atoms with E-state index in [1.807, 2.05) is 24.6 Å². The number of anilines is 1. The minimum absolute atomic E-state index is 0.0573. The molecule has 0 saturated carbocycles. The second-order valence-corrected chi connectivity index (χ2v) is 4.31. The van der Waals surface area contributed by atoms with Gasteiger partial charge in [0.1, 0.15) is 18.5 Å². The Labute approximate surface area is 106 Å². The van der Waals surface area contributed by atoms with E-state index in [4.69, 9.17) is 0 Å². The fraction of sp³-hybridized carbons (Fsp3) is 0.500. The Morgan fingerprint density at radius 2 is 2.22 bits per heavy atom. The molecule has 0 spiro atoms. The topological polar surface area (TPSA) is 68.5 Å². The molecular weight excluding hydrogens is 228 g/mol. The van der Waals surface area contributed by atoms with Crippen LogP contribution in [0.4, 0.5) is 5.82 Å². The van der Waals surface area contributed by atoms with Crippen molar-refractivity contribution in [1.29, 1.82) is 0 Å². The van der Waals surface area contributed by atoms with Crippen LogP contribution in [0.1, 0.15) is 37.8 Å². The third kappa shape index (κ3) is 2.82. The van der Waals surface area contributed by atoms with Gasteiger partial charge < -0.3 is 9.88 Å². The molecule has 0 amide bonds. The SMILES string of the molecule is CCCc1cc(NC(C)c2nncn2C)ncn1. The third-order valence-electron chi connectivity index (χ3n) is 2.73. The highest BCUT2D eigenvalue weighted by Crippen LogP contribution is 2.15. The van der Waals surface area contributed by atoms with Gasteiger partial charge >= 0.3 is 0 Å². The van der Waals surface area contributed by atoms with Crippen LogP contribution in [0.15, 0.2) is 18.7 Å². The summed E-state index contributed by atoms with van der Waals surface area (Å²) >= 11 is 0. The standard InChI is InChI=1S/C12H18N6/c1-4-5-10-6-11(14-7-13-10)16-9(2)12-17-15-8-18(12)3/h6-9H,4-5H2,1-3H3,(H,13,14,16). The van der Waals surface area contributed by atoms with E-state index in [0.717, 1.165) is 30.2 Å². The Morgan fingerprint density at radius 3 is 2.89 bits per heavy atom. The van der Waals surface area contributed by atoms with E-state index in [9.17, 15) is 0 Å². The summed E-state index contributed by atoms with van der Waals surface area (Å²) in [5.74, 6) is 1.70. The lowest BCUT2D eigenvalue weighted by atomic mass is 10.2. The maximum atomic E-state index is 4.23. The van der Waals surface area contributed by atoms with Gasteiger partial charge in [0.2, 0.25) is 0 Å². The van der Waals surface area contributed by atoms with E-state index in [-0.39, 0.29) is 6.04 Å². The fourth-order valence-electron chi connectivity index (χ4n) is 1.84. The molecule has 1 N–H and O–H groups in total. The van der Waals surface area contributed by atoms with Gasteiger partial charge in [-0.05, 0) is 13.3 Å². The maximum absolute atomic E-state index is 4.23. The molecule has 2 heterocycles. The lowest BCUT2D eigenvalue weighted by Gasteiger charge is -2.13. The molecule has 96 valence electrons. The molecule has 0 aliphatic rings. The number of aryl methyl sites for hydroxylation is 2. The Bertz CT molecular complexity index is 507. The summed E-state index contributed by atoms with van der Waals surface area (Å²) in [6.07, 6.45) is 5.33. The van der Waals surface area contributed by atoms with Crippen LogP contribution < -0.4 is 5.32 Å².